The van der Waals surface area contributed by atoms with E-state index in [-0.39, 0.29) is 18.5 Å². The minimum atomic E-state index is -3.51. The van der Waals surface area contributed by atoms with Crippen molar-refractivity contribution in [2.24, 2.45) is 5.92 Å². The number of rotatable bonds is 6. The van der Waals surface area contributed by atoms with Crippen LogP contribution in [0.1, 0.15) is 45.1 Å². The van der Waals surface area contributed by atoms with Crippen LogP contribution in [0.15, 0.2) is 41.3 Å². The Kier molecular flexibility index (Phi) is 6.41. The molecule has 0 radical (unpaired) electrons. The molecule has 1 aromatic rings. The van der Waals surface area contributed by atoms with E-state index in [0.717, 1.165) is 11.1 Å². The van der Waals surface area contributed by atoms with Crippen LogP contribution in [0.5, 0.6) is 0 Å². The molecule has 1 aliphatic heterocycles. The van der Waals surface area contributed by atoms with E-state index >= 15 is 0 Å². The highest BCUT2D eigenvalue weighted by Crippen LogP contribution is 2.26. The summed E-state index contributed by atoms with van der Waals surface area (Å²) >= 11 is 0. The van der Waals surface area contributed by atoms with Crippen molar-refractivity contribution >= 4 is 16.0 Å². The average Bonchev–Trinajstić information content (AvgIpc) is 2.59. The fourth-order valence-electron chi connectivity index (χ4n) is 2.82. The number of esters is 1. The van der Waals surface area contributed by atoms with Crippen molar-refractivity contribution in [3.8, 4) is 0 Å². The summed E-state index contributed by atoms with van der Waals surface area (Å²) in [4.78, 5) is 12.3. The van der Waals surface area contributed by atoms with E-state index in [1.807, 2.05) is 12.1 Å². The van der Waals surface area contributed by atoms with Gasteiger partial charge in [0.05, 0.1) is 10.8 Å². The first-order chi connectivity index (χ1) is 11.7. The number of benzene rings is 1. The molecule has 2 rings (SSSR count). The number of hydrogen-bond donors (Lipinski definition) is 0. The van der Waals surface area contributed by atoms with Crippen LogP contribution in [0.4, 0.5) is 0 Å². The van der Waals surface area contributed by atoms with Crippen molar-refractivity contribution in [3.63, 3.8) is 0 Å². The number of carbonyl (C=O) groups is 1. The monoisotopic (exact) mass is 365 g/mol. The predicted octanol–water partition coefficient (Wildman–Crippen LogP) is 3.33. The summed E-state index contributed by atoms with van der Waals surface area (Å²) in [5.41, 5.74) is 1.90. The Labute approximate surface area is 150 Å². The second-order valence-corrected chi connectivity index (χ2v) is 8.90. The van der Waals surface area contributed by atoms with Gasteiger partial charge in [0.15, 0.2) is 0 Å². The van der Waals surface area contributed by atoms with Gasteiger partial charge in [0.1, 0.15) is 6.61 Å². The SMILES string of the molecule is C=C(C)COC(=O)C1CCN(S(=O)(=O)c2ccc(C(C)C)cc2)CC1. The highest BCUT2D eigenvalue weighted by molar-refractivity contribution is 7.89. The number of hydrogen-bond acceptors (Lipinski definition) is 4. The average molecular weight is 365 g/mol. The lowest BCUT2D eigenvalue weighted by atomic mass is 9.98. The summed E-state index contributed by atoms with van der Waals surface area (Å²) in [6.45, 7) is 10.5. The lowest BCUT2D eigenvalue weighted by Gasteiger charge is -2.30. The molecule has 0 N–H and O–H groups in total. The van der Waals surface area contributed by atoms with Gasteiger partial charge in [-0.05, 0) is 49.0 Å². The normalized spacial score (nSPS) is 16.8. The summed E-state index contributed by atoms with van der Waals surface area (Å²) in [5.74, 6) is -0.145. The maximum Gasteiger partial charge on any atom is 0.309 e. The summed E-state index contributed by atoms with van der Waals surface area (Å²) < 4.78 is 32.2. The Morgan fingerprint density at radius 1 is 1.24 bits per heavy atom. The molecular formula is C19H27NO4S. The van der Waals surface area contributed by atoms with Crippen LogP contribution in [-0.2, 0) is 19.6 Å². The number of nitrogens with zero attached hydrogens (tertiary/aromatic N) is 1. The molecule has 1 saturated heterocycles. The summed E-state index contributed by atoms with van der Waals surface area (Å²) in [7, 11) is -3.51. The van der Waals surface area contributed by atoms with Crippen molar-refractivity contribution in [1.82, 2.24) is 4.31 Å². The third-order valence-corrected chi connectivity index (χ3v) is 6.35. The van der Waals surface area contributed by atoms with Crippen molar-refractivity contribution in [2.45, 2.75) is 44.4 Å². The molecule has 5 nitrogen and oxygen atoms in total. The first-order valence-electron chi connectivity index (χ1n) is 8.63. The first kappa shape index (κ1) is 19.7. The minimum absolute atomic E-state index is 0.222. The minimum Gasteiger partial charge on any atom is -0.461 e. The molecule has 0 aliphatic carbocycles. The molecule has 1 fully saturated rings. The summed E-state index contributed by atoms with van der Waals surface area (Å²) in [6.07, 6.45) is 0.969. The Bertz CT molecular complexity index is 714. The Balaban J connectivity index is 1.99. The van der Waals surface area contributed by atoms with Gasteiger partial charge < -0.3 is 4.74 Å². The van der Waals surface area contributed by atoms with Gasteiger partial charge >= 0.3 is 5.97 Å². The maximum absolute atomic E-state index is 12.8. The van der Waals surface area contributed by atoms with Crippen LogP contribution in [0.25, 0.3) is 0 Å². The Morgan fingerprint density at radius 2 is 1.80 bits per heavy atom. The molecule has 0 atom stereocenters. The topological polar surface area (TPSA) is 63.7 Å². The second kappa shape index (κ2) is 8.15. The first-order valence-corrected chi connectivity index (χ1v) is 10.1. The van der Waals surface area contributed by atoms with Crippen molar-refractivity contribution in [2.75, 3.05) is 19.7 Å². The quantitative estimate of drug-likeness (QED) is 0.573. The molecule has 0 spiro atoms. The standard InChI is InChI=1S/C19H27NO4S/c1-14(2)13-24-19(21)17-9-11-20(12-10-17)25(22,23)18-7-5-16(6-8-18)15(3)4/h5-8,15,17H,1,9-13H2,2-4H3. The third-order valence-electron chi connectivity index (χ3n) is 4.43. The molecule has 25 heavy (non-hydrogen) atoms. The second-order valence-electron chi connectivity index (χ2n) is 6.97. The van der Waals surface area contributed by atoms with Crippen molar-refractivity contribution in [1.29, 1.82) is 0 Å². The molecule has 0 saturated carbocycles. The van der Waals surface area contributed by atoms with Crippen LogP contribution in [0.3, 0.4) is 0 Å². The molecule has 0 aromatic heterocycles. The lowest BCUT2D eigenvalue weighted by Crippen LogP contribution is -2.40. The van der Waals surface area contributed by atoms with Gasteiger partial charge in [-0.25, -0.2) is 8.42 Å². The van der Waals surface area contributed by atoms with Gasteiger partial charge in [-0.2, -0.15) is 4.31 Å². The van der Waals surface area contributed by atoms with Crippen LogP contribution in [-0.4, -0.2) is 38.4 Å². The smallest absolute Gasteiger partial charge is 0.309 e. The number of sulfonamides is 1. The van der Waals surface area contributed by atoms with Gasteiger partial charge in [0.25, 0.3) is 0 Å². The van der Waals surface area contributed by atoms with E-state index in [2.05, 4.69) is 20.4 Å². The lowest BCUT2D eigenvalue weighted by molar-refractivity contribution is -0.148. The maximum atomic E-state index is 12.8. The zero-order chi connectivity index (χ0) is 18.6. The fourth-order valence-corrected chi connectivity index (χ4v) is 4.29. The molecule has 6 heteroatoms. The molecule has 0 unspecified atom stereocenters. The number of ether oxygens (including phenoxy) is 1. The van der Waals surface area contributed by atoms with E-state index in [9.17, 15) is 13.2 Å². The zero-order valence-corrected chi connectivity index (χ0v) is 16.0. The van der Waals surface area contributed by atoms with Gasteiger partial charge in [-0.3, -0.25) is 4.79 Å². The molecule has 1 aliphatic rings. The van der Waals surface area contributed by atoms with Gasteiger partial charge in [0, 0.05) is 13.1 Å². The summed E-state index contributed by atoms with van der Waals surface area (Å²) in [5, 5.41) is 0. The van der Waals surface area contributed by atoms with E-state index in [1.165, 1.54) is 4.31 Å². The highest BCUT2D eigenvalue weighted by Gasteiger charge is 2.32. The molecular weight excluding hydrogens is 338 g/mol. The van der Waals surface area contributed by atoms with Crippen LogP contribution >= 0.6 is 0 Å². The molecule has 138 valence electrons. The Hall–Kier alpha value is -1.66. The van der Waals surface area contributed by atoms with Crippen molar-refractivity contribution in [3.05, 3.63) is 42.0 Å². The van der Waals surface area contributed by atoms with E-state index in [0.29, 0.717) is 36.7 Å². The van der Waals surface area contributed by atoms with Crippen LogP contribution in [0.2, 0.25) is 0 Å². The number of carbonyl (C=O) groups excluding carboxylic acids is 1. The third kappa shape index (κ3) is 4.92. The molecule has 1 heterocycles. The number of piperidine rings is 1. The predicted molar refractivity (Wildman–Crippen MR) is 97.8 cm³/mol. The van der Waals surface area contributed by atoms with E-state index < -0.39 is 10.0 Å². The molecule has 0 bridgehead atoms. The van der Waals surface area contributed by atoms with Crippen molar-refractivity contribution < 1.29 is 17.9 Å². The van der Waals surface area contributed by atoms with Crippen LogP contribution in [0, 0.1) is 5.92 Å². The molecule has 0 amide bonds. The molecule has 1 aromatic carbocycles. The van der Waals surface area contributed by atoms with E-state index in [1.54, 1.807) is 19.1 Å². The summed E-state index contributed by atoms with van der Waals surface area (Å²) in [6, 6.07) is 7.05. The van der Waals surface area contributed by atoms with Crippen LogP contribution < -0.4 is 0 Å². The van der Waals surface area contributed by atoms with E-state index in [4.69, 9.17) is 4.74 Å². The highest BCUT2D eigenvalue weighted by atomic mass is 32.2. The fraction of sp³-hybridized carbons (Fsp3) is 0.526. The Morgan fingerprint density at radius 3 is 2.28 bits per heavy atom. The largest absolute Gasteiger partial charge is 0.461 e. The zero-order valence-electron chi connectivity index (χ0n) is 15.2. The van der Waals surface area contributed by atoms with Gasteiger partial charge in [-0.1, -0.05) is 32.6 Å². The van der Waals surface area contributed by atoms with Gasteiger partial charge in [0.2, 0.25) is 10.0 Å². The van der Waals surface area contributed by atoms with Gasteiger partial charge in [-0.15, -0.1) is 0 Å².